The molecule has 0 radical (unpaired) electrons. The van der Waals surface area contributed by atoms with Crippen molar-refractivity contribution in [2.24, 2.45) is 0 Å². The molecule has 1 aromatic carbocycles. The van der Waals surface area contributed by atoms with Gasteiger partial charge in [0.15, 0.2) is 6.61 Å². The van der Waals surface area contributed by atoms with Crippen LogP contribution in [0.5, 0.6) is 5.75 Å². The van der Waals surface area contributed by atoms with Gasteiger partial charge in [-0.1, -0.05) is 12.1 Å². The number of anilines is 1. The van der Waals surface area contributed by atoms with Crippen LogP contribution in [0.3, 0.4) is 0 Å². The van der Waals surface area contributed by atoms with Crippen LogP contribution in [0.2, 0.25) is 0 Å². The van der Waals surface area contributed by atoms with Gasteiger partial charge in [-0.2, -0.15) is 0 Å². The maximum absolute atomic E-state index is 12.7. The molecule has 1 aromatic heterocycles. The molecule has 0 bridgehead atoms. The number of ether oxygens (including phenoxy) is 1. The molecule has 27 heavy (non-hydrogen) atoms. The zero-order chi connectivity index (χ0) is 19.2. The Balaban J connectivity index is 1.62. The highest BCUT2D eigenvalue weighted by Gasteiger charge is 2.22. The van der Waals surface area contributed by atoms with Gasteiger partial charge in [0.25, 0.3) is 5.91 Å². The molecule has 6 heteroatoms. The number of amides is 2. The fourth-order valence-electron chi connectivity index (χ4n) is 3.14. The van der Waals surface area contributed by atoms with Crippen molar-refractivity contribution in [2.45, 2.75) is 39.3 Å². The highest BCUT2D eigenvalue weighted by molar-refractivity contribution is 5.95. The molecule has 6 nitrogen and oxygen atoms in total. The fourth-order valence-corrected chi connectivity index (χ4v) is 3.14. The first kappa shape index (κ1) is 18.9. The van der Waals surface area contributed by atoms with Gasteiger partial charge >= 0.3 is 0 Å². The minimum atomic E-state index is -0.0866. The summed E-state index contributed by atoms with van der Waals surface area (Å²) < 4.78 is 5.73. The van der Waals surface area contributed by atoms with E-state index in [2.05, 4.69) is 4.98 Å². The summed E-state index contributed by atoms with van der Waals surface area (Å²) in [5, 5.41) is 0. The Morgan fingerprint density at radius 2 is 2.15 bits per heavy atom. The van der Waals surface area contributed by atoms with Crippen LogP contribution in [0.4, 0.5) is 5.69 Å². The van der Waals surface area contributed by atoms with E-state index in [-0.39, 0.29) is 24.5 Å². The van der Waals surface area contributed by atoms with Crippen molar-refractivity contribution in [2.75, 3.05) is 18.1 Å². The van der Waals surface area contributed by atoms with E-state index in [0.29, 0.717) is 18.7 Å². The van der Waals surface area contributed by atoms with Gasteiger partial charge < -0.3 is 14.5 Å². The molecule has 0 aliphatic carbocycles. The summed E-state index contributed by atoms with van der Waals surface area (Å²) in [7, 11) is 0. The zero-order valence-electron chi connectivity index (χ0n) is 15.8. The van der Waals surface area contributed by atoms with E-state index in [1.807, 2.05) is 44.2 Å². The average Bonchev–Trinajstić information content (AvgIpc) is 3.11. The number of carbonyl (C=O) groups is 2. The topological polar surface area (TPSA) is 62.7 Å². The van der Waals surface area contributed by atoms with Crippen molar-refractivity contribution in [3.05, 3.63) is 54.4 Å². The summed E-state index contributed by atoms with van der Waals surface area (Å²) in [6, 6.07) is 11.2. The third kappa shape index (κ3) is 4.84. The summed E-state index contributed by atoms with van der Waals surface area (Å²) in [6.07, 6.45) is 4.94. The van der Waals surface area contributed by atoms with Gasteiger partial charge in [0.2, 0.25) is 5.91 Å². The Kier molecular flexibility index (Phi) is 6.06. The third-order valence-corrected chi connectivity index (χ3v) is 4.58. The Bertz CT molecular complexity index is 792. The summed E-state index contributed by atoms with van der Waals surface area (Å²) in [5.74, 6) is 0.632. The van der Waals surface area contributed by atoms with Crippen molar-refractivity contribution < 1.29 is 14.3 Å². The smallest absolute Gasteiger partial charge is 0.261 e. The molecule has 2 heterocycles. The molecular weight excluding hydrogens is 342 g/mol. The summed E-state index contributed by atoms with van der Waals surface area (Å²) >= 11 is 0. The molecule has 142 valence electrons. The standard InChI is InChI=1S/C21H25N3O3/c1-16(2)24(14-17-6-4-10-22-13-17)21(26)15-27-19-8-3-7-18(12-19)23-11-5-9-20(23)25/h3-4,6-8,10,12-13,16H,5,9,11,14-15H2,1-2H3. The van der Waals surface area contributed by atoms with Gasteiger partial charge in [-0.15, -0.1) is 0 Å². The Labute approximate surface area is 159 Å². The van der Waals surface area contributed by atoms with Gasteiger partial charge in [-0.25, -0.2) is 0 Å². The molecule has 0 spiro atoms. The van der Waals surface area contributed by atoms with E-state index in [0.717, 1.165) is 24.2 Å². The largest absolute Gasteiger partial charge is 0.484 e. The van der Waals surface area contributed by atoms with Crippen molar-refractivity contribution in [3.63, 3.8) is 0 Å². The highest BCUT2D eigenvalue weighted by Crippen LogP contribution is 2.25. The second-order valence-electron chi connectivity index (χ2n) is 6.91. The number of carbonyl (C=O) groups excluding carboxylic acids is 2. The minimum Gasteiger partial charge on any atom is -0.484 e. The molecule has 2 amide bonds. The van der Waals surface area contributed by atoms with Crippen molar-refractivity contribution in [1.82, 2.24) is 9.88 Å². The number of nitrogens with zero attached hydrogens (tertiary/aromatic N) is 3. The van der Waals surface area contributed by atoms with Crippen LogP contribution in [0.25, 0.3) is 0 Å². The average molecular weight is 367 g/mol. The fraction of sp³-hybridized carbons (Fsp3) is 0.381. The molecular formula is C21H25N3O3. The van der Waals surface area contributed by atoms with Gasteiger partial charge in [-0.05, 0) is 44.0 Å². The lowest BCUT2D eigenvalue weighted by Gasteiger charge is -2.27. The number of benzene rings is 1. The Hall–Kier alpha value is -2.89. The first-order valence-electron chi connectivity index (χ1n) is 9.26. The first-order chi connectivity index (χ1) is 13.0. The predicted octanol–water partition coefficient (Wildman–Crippen LogP) is 3.02. The van der Waals surface area contributed by atoms with E-state index in [4.69, 9.17) is 4.74 Å². The predicted molar refractivity (Wildman–Crippen MR) is 103 cm³/mol. The van der Waals surface area contributed by atoms with Gasteiger partial charge in [0.1, 0.15) is 5.75 Å². The van der Waals surface area contributed by atoms with E-state index in [1.54, 1.807) is 28.3 Å². The Morgan fingerprint density at radius 1 is 1.30 bits per heavy atom. The van der Waals surface area contributed by atoms with E-state index in [1.165, 1.54) is 0 Å². The highest BCUT2D eigenvalue weighted by atomic mass is 16.5. The lowest BCUT2D eigenvalue weighted by atomic mass is 10.2. The molecule has 2 aromatic rings. The normalized spacial score (nSPS) is 13.9. The van der Waals surface area contributed by atoms with Crippen LogP contribution in [-0.4, -0.2) is 40.9 Å². The number of aromatic nitrogens is 1. The molecule has 0 saturated carbocycles. The summed E-state index contributed by atoms with van der Waals surface area (Å²) in [5.41, 5.74) is 1.80. The molecule has 1 aliphatic heterocycles. The van der Waals surface area contributed by atoms with Crippen molar-refractivity contribution in [3.8, 4) is 5.75 Å². The lowest BCUT2D eigenvalue weighted by molar-refractivity contribution is -0.135. The minimum absolute atomic E-state index is 0.0458. The van der Waals surface area contributed by atoms with E-state index in [9.17, 15) is 9.59 Å². The SMILES string of the molecule is CC(C)N(Cc1cccnc1)C(=O)COc1cccc(N2CCCC2=O)c1. The van der Waals surface area contributed by atoms with Gasteiger partial charge in [0, 0.05) is 49.7 Å². The molecule has 1 saturated heterocycles. The maximum atomic E-state index is 12.7. The molecule has 0 atom stereocenters. The van der Waals surface area contributed by atoms with Crippen LogP contribution in [-0.2, 0) is 16.1 Å². The number of hydrogen-bond acceptors (Lipinski definition) is 4. The monoisotopic (exact) mass is 367 g/mol. The molecule has 3 rings (SSSR count). The van der Waals surface area contributed by atoms with Gasteiger partial charge in [-0.3, -0.25) is 14.6 Å². The number of hydrogen-bond donors (Lipinski definition) is 0. The maximum Gasteiger partial charge on any atom is 0.261 e. The van der Waals surface area contributed by atoms with Gasteiger partial charge in [0.05, 0.1) is 0 Å². The molecule has 0 unspecified atom stereocenters. The molecule has 1 fully saturated rings. The first-order valence-corrected chi connectivity index (χ1v) is 9.26. The van der Waals surface area contributed by atoms with Crippen molar-refractivity contribution >= 4 is 17.5 Å². The van der Waals surface area contributed by atoms with Crippen LogP contribution < -0.4 is 9.64 Å². The van der Waals surface area contributed by atoms with Crippen molar-refractivity contribution in [1.29, 1.82) is 0 Å². The number of rotatable bonds is 7. The molecule has 0 N–H and O–H groups in total. The van der Waals surface area contributed by atoms with Crippen LogP contribution >= 0.6 is 0 Å². The third-order valence-electron chi connectivity index (χ3n) is 4.58. The second-order valence-corrected chi connectivity index (χ2v) is 6.91. The quantitative estimate of drug-likeness (QED) is 0.755. The molecule has 1 aliphatic rings. The summed E-state index contributed by atoms with van der Waals surface area (Å²) in [6.45, 7) is 5.14. The Morgan fingerprint density at radius 3 is 2.81 bits per heavy atom. The van der Waals surface area contributed by atoms with Crippen LogP contribution in [0.15, 0.2) is 48.8 Å². The number of pyridine rings is 1. The van der Waals surface area contributed by atoms with Crippen LogP contribution in [0, 0.1) is 0 Å². The summed E-state index contributed by atoms with van der Waals surface area (Å²) in [4.78, 5) is 32.2. The van der Waals surface area contributed by atoms with Crippen LogP contribution in [0.1, 0.15) is 32.3 Å². The van der Waals surface area contributed by atoms with E-state index < -0.39 is 0 Å². The zero-order valence-corrected chi connectivity index (χ0v) is 15.8. The van der Waals surface area contributed by atoms with E-state index >= 15 is 0 Å². The second kappa shape index (κ2) is 8.66. The lowest BCUT2D eigenvalue weighted by Crippen LogP contribution is -2.39.